The molecular formula is C14H21F3N2O. The van der Waals surface area contributed by atoms with Gasteiger partial charge >= 0.3 is 6.18 Å². The first-order valence-electron chi connectivity index (χ1n) is 6.56. The molecule has 0 amide bonds. The molecule has 0 fully saturated rings. The van der Waals surface area contributed by atoms with E-state index in [-0.39, 0.29) is 18.6 Å². The molecule has 0 spiro atoms. The summed E-state index contributed by atoms with van der Waals surface area (Å²) < 4.78 is 41.2. The number of ether oxygens (including phenoxy) is 1. The third-order valence-electron chi connectivity index (χ3n) is 2.44. The first-order chi connectivity index (χ1) is 9.16. The average Bonchev–Trinajstić information content (AvgIpc) is 2.31. The minimum absolute atomic E-state index is 0.0165. The predicted molar refractivity (Wildman–Crippen MR) is 71.6 cm³/mol. The SMILES string of the molecule is CC(C)(C)NCc1cccc(OCCCC(F)(F)F)n1. The molecular weight excluding hydrogens is 269 g/mol. The molecule has 3 nitrogen and oxygen atoms in total. The van der Waals surface area contributed by atoms with Gasteiger partial charge in [0.2, 0.25) is 5.88 Å². The lowest BCUT2D eigenvalue weighted by Crippen LogP contribution is -2.35. The third-order valence-corrected chi connectivity index (χ3v) is 2.44. The Labute approximate surface area is 117 Å². The number of nitrogens with zero attached hydrogens (tertiary/aromatic N) is 1. The van der Waals surface area contributed by atoms with Gasteiger partial charge in [-0.1, -0.05) is 6.07 Å². The Kier molecular flexibility index (Phi) is 5.80. The highest BCUT2D eigenvalue weighted by atomic mass is 19.4. The standard InChI is InChI=1S/C14H21F3N2O/c1-13(2,3)18-10-11-6-4-7-12(19-11)20-9-5-8-14(15,16)17/h4,6-7,18H,5,8-10H2,1-3H3. The van der Waals surface area contributed by atoms with Crippen molar-refractivity contribution in [2.24, 2.45) is 0 Å². The van der Waals surface area contributed by atoms with E-state index < -0.39 is 12.6 Å². The highest BCUT2D eigenvalue weighted by Gasteiger charge is 2.26. The van der Waals surface area contributed by atoms with Crippen LogP contribution in [-0.4, -0.2) is 23.3 Å². The summed E-state index contributed by atoms with van der Waals surface area (Å²) in [5.41, 5.74) is 0.777. The van der Waals surface area contributed by atoms with Crippen LogP contribution < -0.4 is 10.1 Å². The molecule has 0 saturated heterocycles. The van der Waals surface area contributed by atoms with Crippen LogP contribution in [-0.2, 0) is 6.54 Å². The minimum Gasteiger partial charge on any atom is -0.478 e. The second-order valence-electron chi connectivity index (χ2n) is 5.64. The summed E-state index contributed by atoms with van der Waals surface area (Å²) >= 11 is 0. The smallest absolute Gasteiger partial charge is 0.389 e. The Balaban J connectivity index is 2.40. The largest absolute Gasteiger partial charge is 0.478 e. The maximum absolute atomic E-state index is 12.0. The van der Waals surface area contributed by atoms with Crippen LogP contribution in [0.5, 0.6) is 5.88 Å². The van der Waals surface area contributed by atoms with Crippen molar-refractivity contribution in [1.82, 2.24) is 10.3 Å². The molecule has 1 heterocycles. The molecule has 1 aromatic rings. The monoisotopic (exact) mass is 290 g/mol. The topological polar surface area (TPSA) is 34.1 Å². The normalized spacial score (nSPS) is 12.5. The van der Waals surface area contributed by atoms with Crippen LogP contribution in [0, 0.1) is 0 Å². The van der Waals surface area contributed by atoms with Crippen LogP contribution in [0.15, 0.2) is 18.2 Å². The van der Waals surface area contributed by atoms with Crippen LogP contribution in [0.1, 0.15) is 39.3 Å². The van der Waals surface area contributed by atoms with Gasteiger partial charge in [0.25, 0.3) is 0 Å². The Morgan fingerprint density at radius 1 is 1.20 bits per heavy atom. The fourth-order valence-corrected chi connectivity index (χ4v) is 1.44. The first-order valence-corrected chi connectivity index (χ1v) is 6.56. The molecule has 1 rings (SSSR count). The summed E-state index contributed by atoms with van der Waals surface area (Å²) in [6.45, 7) is 6.74. The minimum atomic E-state index is -4.13. The number of halogens is 3. The molecule has 0 unspecified atom stereocenters. The van der Waals surface area contributed by atoms with Gasteiger partial charge in [-0.25, -0.2) is 4.98 Å². The summed E-state index contributed by atoms with van der Waals surface area (Å²) in [6.07, 6.45) is -5.02. The lowest BCUT2D eigenvalue weighted by Gasteiger charge is -2.20. The number of pyridine rings is 1. The molecule has 114 valence electrons. The van der Waals surface area contributed by atoms with Crippen LogP contribution in [0.25, 0.3) is 0 Å². The van der Waals surface area contributed by atoms with Crippen molar-refractivity contribution in [2.45, 2.75) is 51.9 Å². The summed E-state index contributed by atoms with van der Waals surface area (Å²) in [5, 5.41) is 3.29. The molecule has 0 atom stereocenters. The fraction of sp³-hybridized carbons (Fsp3) is 0.643. The molecule has 1 aromatic heterocycles. The molecule has 1 N–H and O–H groups in total. The Morgan fingerprint density at radius 2 is 1.90 bits per heavy atom. The zero-order valence-electron chi connectivity index (χ0n) is 12.0. The zero-order valence-corrected chi connectivity index (χ0v) is 12.0. The van der Waals surface area contributed by atoms with E-state index in [2.05, 4.69) is 10.3 Å². The molecule has 0 aromatic carbocycles. The number of hydrogen-bond acceptors (Lipinski definition) is 3. The number of nitrogens with one attached hydrogen (secondary N) is 1. The van der Waals surface area contributed by atoms with Crippen molar-refractivity contribution in [1.29, 1.82) is 0 Å². The van der Waals surface area contributed by atoms with Crippen molar-refractivity contribution >= 4 is 0 Å². The summed E-state index contributed by atoms with van der Waals surface area (Å²) in [5.74, 6) is 0.361. The number of hydrogen-bond donors (Lipinski definition) is 1. The second-order valence-corrected chi connectivity index (χ2v) is 5.64. The van der Waals surface area contributed by atoms with Crippen molar-refractivity contribution in [2.75, 3.05) is 6.61 Å². The van der Waals surface area contributed by atoms with Gasteiger partial charge in [-0.05, 0) is 33.3 Å². The molecule has 0 bridgehead atoms. The average molecular weight is 290 g/mol. The highest BCUT2D eigenvalue weighted by molar-refractivity contribution is 5.15. The first kappa shape index (κ1) is 16.8. The summed E-state index contributed by atoms with van der Waals surface area (Å²) in [4.78, 5) is 4.24. The molecule has 6 heteroatoms. The van der Waals surface area contributed by atoms with Crippen molar-refractivity contribution in [3.05, 3.63) is 23.9 Å². The van der Waals surface area contributed by atoms with Crippen LogP contribution >= 0.6 is 0 Å². The number of rotatable bonds is 6. The van der Waals surface area contributed by atoms with Gasteiger partial charge < -0.3 is 10.1 Å². The number of alkyl halides is 3. The maximum Gasteiger partial charge on any atom is 0.389 e. The Hall–Kier alpha value is -1.30. The highest BCUT2D eigenvalue weighted by Crippen LogP contribution is 2.21. The van der Waals surface area contributed by atoms with E-state index in [9.17, 15) is 13.2 Å². The second kappa shape index (κ2) is 6.92. The van der Waals surface area contributed by atoms with Gasteiger partial charge in [0.1, 0.15) is 0 Å². The van der Waals surface area contributed by atoms with Gasteiger partial charge in [-0.3, -0.25) is 0 Å². The van der Waals surface area contributed by atoms with E-state index in [0.29, 0.717) is 12.4 Å². The lowest BCUT2D eigenvalue weighted by molar-refractivity contribution is -0.136. The fourth-order valence-electron chi connectivity index (χ4n) is 1.44. The van der Waals surface area contributed by atoms with Gasteiger partial charge in [-0.15, -0.1) is 0 Å². The molecule has 0 aliphatic rings. The van der Waals surface area contributed by atoms with Gasteiger partial charge in [0, 0.05) is 24.6 Å². The van der Waals surface area contributed by atoms with Crippen molar-refractivity contribution in [3.8, 4) is 5.88 Å². The summed E-state index contributed by atoms with van der Waals surface area (Å²) in [7, 11) is 0. The van der Waals surface area contributed by atoms with E-state index in [1.165, 1.54) is 0 Å². The molecule has 20 heavy (non-hydrogen) atoms. The molecule has 0 radical (unpaired) electrons. The van der Waals surface area contributed by atoms with E-state index in [1.54, 1.807) is 12.1 Å². The van der Waals surface area contributed by atoms with Crippen LogP contribution in [0.2, 0.25) is 0 Å². The van der Waals surface area contributed by atoms with Crippen molar-refractivity contribution < 1.29 is 17.9 Å². The lowest BCUT2D eigenvalue weighted by atomic mass is 10.1. The molecule has 0 aliphatic carbocycles. The maximum atomic E-state index is 12.0. The number of aromatic nitrogens is 1. The van der Waals surface area contributed by atoms with E-state index >= 15 is 0 Å². The predicted octanol–water partition coefficient (Wildman–Crippen LogP) is 3.69. The van der Waals surface area contributed by atoms with Gasteiger partial charge in [-0.2, -0.15) is 13.2 Å². The Morgan fingerprint density at radius 3 is 2.50 bits per heavy atom. The summed E-state index contributed by atoms with van der Waals surface area (Å²) in [6, 6.07) is 5.28. The van der Waals surface area contributed by atoms with E-state index in [1.807, 2.05) is 26.8 Å². The zero-order chi connectivity index (χ0) is 15.2. The van der Waals surface area contributed by atoms with Crippen LogP contribution in [0.3, 0.4) is 0 Å². The quantitative estimate of drug-likeness (QED) is 0.811. The van der Waals surface area contributed by atoms with Gasteiger partial charge in [0.05, 0.1) is 12.3 Å². The van der Waals surface area contributed by atoms with Gasteiger partial charge in [0.15, 0.2) is 0 Å². The Bertz CT molecular complexity index is 414. The molecule has 0 saturated carbocycles. The van der Waals surface area contributed by atoms with Crippen LogP contribution in [0.4, 0.5) is 13.2 Å². The van der Waals surface area contributed by atoms with Crippen molar-refractivity contribution in [3.63, 3.8) is 0 Å². The third kappa shape index (κ3) is 7.99. The van der Waals surface area contributed by atoms with E-state index in [0.717, 1.165) is 5.69 Å². The molecule has 0 aliphatic heterocycles. The van der Waals surface area contributed by atoms with E-state index in [4.69, 9.17) is 4.74 Å².